The lowest BCUT2D eigenvalue weighted by atomic mass is 10.2. The highest BCUT2D eigenvalue weighted by molar-refractivity contribution is 7.08. The monoisotopic (exact) mass is 229 g/mol. The Kier molecular flexibility index (Phi) is 4.64. The summed E-state index contributed by atoms with van der Waals surface area (Å²) in [5, 5.41) is 15.6. The van der Waals surface area contributed by atoms with Gasteiger partial charge >= 0.3 is 0 Å². The van der Waals surface area contributed by atoms with Crippen LogP contribution in [-0.4, -0.2) is 33.2 Å². The molecule has 1 heterocycles. The second-order valence-corrected chi connectivity index (χ2v) is 3.92. The maximum Gasteiger partial charge on any atom is 0.265 e. The molecule has 0 bridgehead atoms. The van der Waals surface area contributed by atoms with E-state index in [1.54, 1.807) is 0 Å². The summed E-state index contributed by atoms with van der Waals surface area (Å²) in [6.07, 6.45) is 1.39. The third-order valence-electron chi connectivity index (χ3n) is 2.15. The van der Waals surface area contributed by atoms with Crippen molar-refractivity contribution in [1.29, 1.82) is 0 Å². The number of amides is 1. The largest absolute Gasteiger partial charge is 0.394 e. The smallest absolute Gasteiger partial charge is 0.265 e. The van der Waals surface area contributed by atoms with Gasteiger partial charge in [-0.15, -0.1) is 5.10 Å². The number of rotatable bonds is 5. The van der Waals surface area contributed by atoms with Crippen molar-refractivity contribution in [3.8, 4) is 0 Å². The van der Waals surface area contributed by atoms with Crippen LogP contribution in [0.15, 0.2) is 0 Å². The molecule has 0 radical (unpaired) electrons. The number of aliphatic hydroxyl groups excluding tert-OH is 1. The molecule has 1 aromatic heterocycles. The van der Waals surface area contributed by atoms with Gasteiger partial charge in [0, 0.05) is 0 Å². The third kappa shape index (κ3) is 2.97. The molecule has 0 aliphatic carbocycles. The topological polar surface area (TPSA) is 75.1 Å². The van der Waals surface area contributed by atoms with Crippen molar-refractivity contribution >= 4 is 17.4 Å². The molecule has 1 atom stereocenters. The fourth-order valence-electron chi connectivity index (χ4n) is 1.14. The lowest BCUT2D eigenvalue weighted by Crippen LogP contribution is -2.36. The van der Waals surface area contributed by atoms with E-state index in [0.29, 0.717) is 23.4 Å². The molecule has 0 saturated carbocycles. The first kappa shape index (κ1) is 12.1. The number of carbonyl (C=O) groups excluding carboxylic acids is 1. The molecule has 0 aromatic carbocycles. The van der Waals surface area contributed by atoms with Crippen molar-refractivity contribution in [2.24, 2.45) is 0 Å². The fourth-order valence-corrected chi connectivity index (χ4v) is 1.79. The molecule has 1 rings (SSSR count). The Morgan fingerprint density at radius 3 is 2.87 bits per heavy atom. The number of aliphatic hydroxyl groups is 1. The maximum absolute atomic E-state index is 11.7. The van der Waals surface area contributed by atoms with Crippen LogP contribution in [0.4, 0.5) is 0 Å². The van der Waals surface area contributed by atoms with Gasteiger partial charge in [0.15, 0.2) is 0 Å². The minimum atomic E-state index is -0.192. The Morgan fingerprint density at radius 2 is 2.33 bits per heavy atom. The van der Waals surface area contributed by atoms with Crippen LogP contribution >= 0.6 is 11.5 Å². The van der Waals surface area contributed by atoms with E-state index in [1.807, 2.05) is 13.8 Å². The highest BCUT2D eigenvalue weighted by atomic mass is 32.1. The van der Waals surface area contributed by atoms with Crippen molar-refractivity contribution in [3.63, 3.8) is 0 Å². The SMILES string of the molecule is CCc1nnsc1C(=O)NC(CC)CO. The van der Waals surface area contributed by atoms with Gasteiger partial charge in [0.2, 0.25) is 0 Å². The normalized spacial score (nSPS) is 12.5. The third-order valence-corrected chi connectivity index (χ3v) is 2.91. The molecule has 0 fully saturated rings. The van der Waals surface area contributed by atoms with Crippen molar-refractivity contribution in [2.45, 2.75) is 32.7 Å². The Balaban J connectivity index is 2.68. The molecule has 1 unspecified atom stereocenters. The van der Waals surface area contributed by atoms with Gasteiger partial charge in [-0.2, -0.15) is 0 Å². The van der Waals surface area contributed by atoms with E-state index in [9.17, 15) is 4.79 Å². The molecule has 1 amide bonds. The van der Waals surface area contributed by atoms with E-state index >= 15 is 0 Å². The molecule has 5 nitrogen and oxygen atoms in total. The summed E-state index contributed by atoms with van der Waals surface area (Å²) in [5.74, 6) is -0.192. The van der Waals surface area contributed by atoms with Gasteiger partial charge in [-0.1, -0.05) is 18.3 Å². The summed E-state index contributed by atoms with van der Waals surface area (Å²) < 4.78 is 3.74. The summed E-state index contributed by atoms with van der Waals surface area (Å²) in [7, 11) is 0. The quantitative estimate of drug-likeness (QED) is 0.775. The zero-order chi connectivity index (χ0) is 11.3. The van der Waals surface area contributed by atoms with Gasteiger partial charge < -0.3 is 10.4 Å². The van der Waals surface area contributed by atoms with E-state index in [2.05, 4.69) is 14.9 Å². The highest BCUT2D eigenvalue weighted by Crippen LogP contribution is 2.11. The number of aryl methyl sites for hydroxylation is 1. The summed E-state index contributed by atoms with van der Waals surface area (Å²) >= 11 is 1.09. The van der Waals surface area contributed by atoms with Gasteiger partial charge in [0.1, 0.15) is 4.88 Å². The van der Waals surface area contributed by atoms with Gasteiger partial charge in [-0.3, -0.25) is 4.79 Å². The Bertz CT molecular complexity index is 323. The molecule has 84 valence electrons. The molecule has 0 aliphatic heterocycles. The van der Waals surface area contributed by atoms with Gasteiger partial charge in [0.25, 0.3) is 5.91 Å². The number of carbonyl (C=O) groups is 1. The Hall–Kier alpha value is -1.01. The van der Waals surface area contributed by atoms with Crippen molar-refractivity contribution in [2.75, 3.05) is 6.61 Å². The van der Waals surface area contributed by atoms with Crippen molar-refractivity contribution < 1.29 is 9.90 Å². The van der Waals surface area contributed by atoms with Crippen LogP contribution in [0.2, 0.25) is 0 Å². The second-order valence-electron chi connectivity index (χ2n) is 3.16. The van der Waals surface area contributed by atoms with Crippen LogP contribution < -0.4 is 5.32 Å². The standard InChI is InChI=1S/C9H15N3O2S/c1-3-6(5-13)10-9(14)8-7(4-2)11-12-15-8/h6,13H,3-5H2,1-2H3,(H,10,14). The van der Waals surface area contributed by atoms with E-state index < -0.39 is 0 Å². The minimum Gasteiger partial charge on any atom is -0.394 e. The highest BCUT2D eigenvalue weighted by Gasteiger charge is 2.17. The number of aromatic nitrogens is 2. The first-order chi connectivity index (χ1) is 7.22. The van der Waals surface area contributed by atoms with Crippen LogP contribution in [0.5, 0.6) is 0 Å². The summed E-state index contributed by atoms with van der Waals surface area (Å²) in [6.45, 7) is 3.79. The maximum atomic E-state index is 11.7. The molecule has 0 saturated heterocycles. The van der Waals surface area contributed by atoms with Gasteiger partial charge in [-0.25, -0.2) is 0 Å². The number of nitrogens with one attached hydrogen (secondary N) is 1. The van der Waals surface area contributed by atoms with E-state index in [-0.39, 0.29) is 18.6 Å². The predicted octanol–water partition coefficient (Wildman–Crippen LogP) is 0.601. The van der Waals surface area contributed by atoms with Crippen LogP contribution in [0.1, 0.15) is 35.6 Å². The fraction of sp³-hybridized carbons (Fsp3) is 0.667. The minimum absolute atomic E-state index is 0.0457. The molecule has 0 aliphatic rings. The molecular weight excluding hydrogens is 214 g/mol. The zero-order valence-corrected chi connectivity index (χ0v) is 9.67. The first-order valence-corrected chi connectivity index (χ1v) is 5.73. The molecule has 15 heavy (non-hydrogen) atoms. The molecule has 1 aromatic rings. The van der Waals surface area contributed by atoms with Gasteiger partial charge in [-0.05, 0) is 24.4 Å². The molecular formula is C9H15N3O2S. The van der Waals surface area contributed by atoms with E-state index in [4.69, 9.17) is 5.11 Å². The zero-order valence-electron chi connectivity index (χ0n) is 8.86. The summed E-state index contributed by atoms with van der Waals surface area (Å²) in [5.41, 5.74) is 0.713. The van der Waals surface area contributed by atoms with Crippen LogP contribution in [0.25, 0.3) is 0 Å². The number of hydrogen-bond donors (Lipinski definition) is 2. The Labute approximate surface area is 92.7 Å². The Morgan fingerprint density at radius 1 is 1.60 bits per heavy atom. The average Bonchev–Trinajstić information content (AvgIpc) is 2.73. The summed E-state index contributed by atoms with van der Waals surface area (Å²) in [6, 6.07) is -0.190. The van der Waals surface area contributed by atoms with E-state index in [0.717, 1.165) is 11.5 Å². The van der Waals surface area contributed by atoms with Crippen molar-refractivity contribution in [1.82, 2.24) is 14.9 Å². The lowest BCUT2D eigenvalue weighted by Gasteiger charge is -2.12. The molecule has 2 N–H and O–H groups in total. The predicted molar refractivity (Wildman–Crippen MR) is 57.9 cm³/mol. The van der Waals surface area contributed by atoms with Crippen molar-refractivity contribution in [3.05, 3.63) is 10.6 Å². The molecule has 6 heteroatoms. The van der Waals surface area contributed by atoms with Gasteiger partial charge in [0.05, 0.1) is 18.3 Å². The second kappa shape index (κ2) is 5.77. The van der Waals surface area contributed by atoms with Crippen LogP contribution in [-0.2, 0) is 6.42 Å². The van der Waals surface area contributed by atoms with E-state index in [1.165, 1.54) is 0 Å². The number of nitrogens with zero attached hydrogens (tertiary/aromatic N) is 2. The lowest BCUT2D eigenvalue weighted by molar-refractivity contribution is 0.0918. The van der Waals surface area contributed by atoms with Crippen LogP contribution in [0.3, 0.4) is 0 Å². The average molecular weight is 229 g/mol. The van der Waals surface area contributed by atoms with Crippen LogP contribution in [0, 0.1) is 0 Å². The number of hydrogen-bond acceptors (Lipinski definition) is 5. The first-order valence-electron chi connectivity index (χ1n) is 4.95. The molecule has 0 spiro atoms. The summed E-state index contributed by atoms with van der Waals surface area (Å²) in [4.78, 5) is 12.3.